The molecule has 0 aliphatic heterocycles. The van der Waals surface area contributed by atoms with Crippen molar-refractivity contribution in [3.05, 3.63) is 46.4 Å². The van der Waals surface area contributed by atoms with Gasteiger partial charge in [0.1, 0.15) is 0 Å². The normalized spacial score (nSPS) is 21.0. The summed E-state index contributed by atoms with van der Waals surface area (Å²) in [4.78, 5) is 4.54. The van der Waals surface area contributed by atoms with Gasteiger partial charge in [-0.3, -0.25) is 4.18 Å². The molecule has 0 spiro atoms. The molecule has 0 atom stereocenters. The van der Waals surface area contributed by atoms with E-state index in [-0.39, 0.29) is 17.6 Å². The van der Waals surface area contributed by atoms with Gasteiger partial charge in [-0.25, -0.2) is 4.98 Å². The van der Waals surface area contributed by atoms with Gasteiger partial charge in [0.05, 0.1) is 29.2 Å². The molecule has 0 amide bonds. The number of aromatic nitrogens is 1. The Balaban J connectivity index is 1.35. The summed E-state index contributed by atoms with van der Waals surface area (Å²) in [6, 6.07) is 6.65. The molecule has 0 N–H and O–H groups in total. The molecule has 2 aromatic rings. The number of nitrogens with zero attached hydrogens (tertiary/aromatic N) is 1. The van der Waals surface area contributed by atoms with Crippen LogP contribution in [-0.2, 0) is 25.5 Å². The summed E-state index contributed by atoms with van der Waals surface area (Å²) in [7, 11) is -3.70. The Labute approximate surface area is 159 Å². The van der Waals surface area contributed by atoms with Gasteiger partial charge >= 0.3 is 0 Å². The molecule has 1 aromatic heterocycles. The molecule has 1 aliphatic rings. The lowest BCUT2D eigenvalue weighted by atomic mass is 9.85. The first-order chi connectivity index (χ1) is 12.5. The van der Waals surface area contributed by atoms with Gasteiger partial charge in [-0.1, -0.05) is 17.7 Å². The molecular weight excluding hydrogens is 370 g/mol. The maximum absolute atomic E-state index is 12.1. The van der Waals surface area contributed by atoms with Crippen LogP contribution in [0.1, 0.15) is 36.3 Å². The van der Waals surface area contributed by atoms with E-state index >= 15 is 0 Å². The zero-order chi connectivity index (χ0) is 18.4. The molecule has 0 saturated heterocycles. The van der Waals surface area contributed by atoms with Crippen LogP contribution < -0.4 is 0 Å². The topological polar surface area (TPSA) is 65.5 Å². The summed E-state index contributed by atoms with van der Waals surface area (Å²) in [6.07, 6.45) is 7.41. The SMILES string of the molecule is Cc1ccc(S(=O)(=O)OCCOC2CCC(Cc3nccs3)CC2)cc1. The first-order valence-corrected chi connectivity index (χ1v) is 11.3. The Hall–Kier alpha value is -1.28. The summed E-state index contributed by atoms with van der Waals surface area (Å²) < 4.78 is 35.1. The van der Waals surface area contributed by atoms with Gasteiger partial charge in [-0.2, -0.15) is 8.42 Å². The van der Waals surface area contributed by atoms with Crippen LogP contribution in [-0.4, -0.2) is 32.7 Å². The average molecular weight is 396 g/mol. The average Bonchev–Trinajstić information content (AvgIpc) is 3.13. The quantitative estimate of drug-likeness (QED) is 0.500. The van der Waals surface area contributed by atoms with Crippen molar-refractivity contribution in [1.29, 1.82) is 0 Å². The minimum absolute atomic E-state index is 0.0508. The summed E-state index contributed by atoms with van der Waals surface area (Å²) in [6.45, 7) is 2.26. The smallest absolute Gasteiger partial charge is 0.297 e. The number of benzene rings is 1. The maximum atomic E-state index is 12.1. The fraction of sp³-hybridized carbons (Fsp3) is 0.526. The Morgan fingerprint density at radius 2 is 1.85 bits per heavy atom. The Bertz CT molecular complexity index is 764. The first kappa shape index (κ1) is 19.5. The fourth-order valence-corrected chi connectivity index (χ4v) is 4.86. The van der Waals surface area contributed by atoms with Crippen LogP contribution in [0.3, 0.4) is 0 Å². The molecule has 1 aromatic carbocycles. The molecule has 1 saturated carbocycles. The Kier molecular flexibility index (Phi) is 6.80. The molecule has 26 heavy (non-hydrogen) atoms. The zero-order valence-electron chi connectivity index (χ0n) is 15.0. The van der Waals surface area contributed by atoms with E-state index in [2.05, 4.69) is 4.98 Å². The predicted molar refractivity (Wildman–Crippen MR) is 102 cm³/mol. The van der Waals surface area contributed by atoms with Crippen molar-refractivity contribution in [2.75, 3.05) is 13.2 Å². The van der Waals surface area contributed by atoms with E-state index in [0.717, 1.165) is 37.7 Å². The third-order valence-electron chi connectivity index (χ3n) is 4.73. The predicted octanol–water partition coefficient (Wildman–Crippen LogP) is 3.97. The number of hydrogen-bond donors (Lipinski definition) is 0. The highest BCUT2D eigenvalue weighted by atomic mass is 32.2. The minimum atomic E-state index is -3.70. The van der Waals surface area contributed by atoms with Crippen molar-refractivity contribution in [3.8, 4) is 0 Å². The third kappa shape index (κ3) is 5.61. The molecule has 1 aliphatic carbocycles. The van der Waals surface area contributed by atoms with E-state index in [1.165, 1.54) is 5.01 Å². The van der Waals surface area contributed by atoms with Gasteiger partial charge in [-0.15, -0.1) is 11.3 Å². The van der Waals surface area contributed by atoms with Gasteiger partial charge in [-0.05, 0) is 50.7 Å². The number of rotatable bonds is 8. The van der Waals surface area contributed by atoms with Crippen LogP contribution in [0.4, 0.5) is 0 Å². The van der Waals surface area contributed by atoms with Crippen molar-refractivity contribution in [2.24, 2.45) is 5.92 Å². The maximum Gasteiger partial charge on any atom is 0.297 e. The summed E-state index contributed by atoms with van der Waals surface area (Å²) in [5.74, 6) is 0.680. The molecule has 5 nitrogen and oxygen atoms in total. The standard InChI is InChI=1S/C19H25NO4S2/c1-15-2-8-18(9-3-15)26(21,22)24-12-11-23-17-6-4-16(5-7-17)14-19-20-10-13-25-19/h2-3,8-10,13,16-17H,4-7,11-12,14H2,1H3. The molecule has 3 rings (SSSR count). The molecule has 7 heteroatoms. The second-order valence-electron chi connectivity index (χ2n) is 6.73. The number of hydrogen-bond acceptors (Lipinski definition) is 6. The highest BCUT2D eigenvalue weighted by Gasteiger charge is 2.23. The summed E-state index contributed by atoms with van der Waals surface area (Å²) in [5.41, 5.74) is 1.01. The minimum Gasteiger partial charge on any atom is -0.376 e. The van der Waals surface area contributed by atoms with Gasteiger partial charge in [0.2, 0.25) is 0 Å². The van der Waals surface area contributed by atoms with Gasteiger partial charge in [0.25, 0.3) is 10.1 Å². The largest absolute Gasteiger partial charge is 0.376 e. The monoisotopic (exact) mass is 395 g/mol. The highest BCUT2D eigenvalue weighted by molar-refractivity contribution is 7.86. The van der Waals surface area contributed by atoms with Crippen LogP contribution in [0.25, 0.3) is 0 Å². The van der Waals surface area contributed by atoms with E-state index in [0.29, 0.717) is 12.5 Å². The van der Waals surface area contributed by atoms with E-state index in [4.69, 9.17) is 8.92 Å². The lowest BCUT2D eigenvalue weighted by Gasteiger charge is -2.28. The van der Waals surface area contributed by atoms with Crippen molar-refractivity contribution >= 4 is 21.5 Å². The van der Waals surface area contributed by atoms with E-state index in [9.17, 15) is 8.42 Å². The lowest BCUT2D eigenvalue weighted by molar-refractivity contribution is 0.00505. The second-order valence-corrected chi connectivity index (χ2v) is 9.33. The highest BCUT2D eigenvalue weighted by Crippen LogP contribution is 2.29. The van der Waals surface area contributed by atoms with Crippen LogP contribution in [0.5, 0.6) is 0 Å². The van der Waals surface area contributed by atoms with E-state index in [1.54, 1.807) is 35.6 Å². The Morgan fingerprint density at radius 1 is 1.12 bits per heavy atom. The Morgan fingerprint density at radius 3 is 2.50 bits per heavy atom. The molecular formula is C19H25NO4S2. The van der Waals surface area contributed by atoms with Gasteiger partial charge in [0, 0.05) is 18.0 Å². The summed E-state index contributed by atoms with van der Waals surface area (Å²) >= 11 is 1.72. The molecule has 142 valence electrons. The number of thiazole rings is 1. The van der Waals surface area contributed by atoms with E-state index in [1.807, 2.05) is 18.5 Å². The molecule has 0 unspecified atom stereocenters. The lowest BCUT2D eigenvalue weighted by Crippen LogP contribution is -2.24. The fourth-order valence-electron chi connectivity index (χ4n) is 3.23. The number of aryl methyl sites for hydroxylation is 1. The van der Waals surface area contributed by atoms with E-state index < -0.39 is 10.1 Å². The van der Waals surface area contributed by atoms with Crippen LogP contribution in [0.2, 0.25) is 0 Å². The van der Waals surface area contributed by atoms with Gasteiger partial charge in [0.15, 0.2) is 0 Å². The van der Waals surface area contributed by atoms with Crippen molar-refractivity contribution in [2.45, 2.75) is 50.0 Å². The van der Waals surface area contributed by atoms with Crippen LogP contribution in [0.15, 0.2) is 40.7 Å². The molecule has 1 heterocycles. The van der Waals surface area contributed by atoms with Crippen molar-refractivity contribution in [3.63, 3.8) is 0 Å². The number of ether oxygens (including phenoxy) is 1. The molecule has 0 bridgehead atoms. The zero-order valence-corrected chi connectivity index (χ0v) is 16.6. The van der Waals surface area contributed by atoms with Crippen LogP contribution >= 0.6 is 11.3 Å². The second kappa shape index (κ2) is 9.08. The van der Waals surface area contributed by atoms with Crippen molar-refractivity contribution in [1.82, 2.24) is 4.98 Å². The third-order valence-corrected chi connectivity index (χ3v) is 6.85. The van der Waals surface area contributed by atoms with Crippen LogP contribution in [0, 0.1) is 12.8 Å². The molecule has 0 radical (unpaired) electrons. The summed E-state index contributed by atoms with van der Waals surface area (Å²) in [5, 5.41) is 3.23. The van der Waals surface area contributed by atoms with Gasteiger partial charge < -0.3 is 4.74 Å². The molecule has 1 fully saturated rings. The first-order valence-electron chi connectivity index (χ1n) is 8.99. The van der Waals surface area contributed by atoms with Crippen molar-refractivity contribution < 1.29 is 17.3 Å².